The highest BCUT2D eigenvalue weighted by atomic mass is 16.7. The maximum Gasteiger partial charge on any atom is 0.311 e. The Morgan fingerprint density at radius 1 is 0.923 bits per heavy atom. The number of carbonyl (C=O) groups excluding carboxylic acids is 3. The molecule has 18 atom stereocenters. The molecule has 0 aliphatic carbocycles. The van der Waals surface area contributed by atoms with Crippen molar-refractivity contribution in [1.82, 2.24) is 15.2 Å². The van der Waals surface area contributed by atoms with Crippen LogP contribution in [-0.4, -0.2) is 165 Å². The molecule has 1 amide bonds. The number of ketones is 1. The first kappa shape index (κ1) is 52.8. The molecular formula is C48H75N3O14. The van der Waals surface area contributed by atoms with E-state index in [0.717, 1.165) is 10.8 Å². The molecule has 5 rings (SSSR count). The van der Waals surface area contributed by atoms with Crippen LogP contribution in [-0.2, 0) is 49.2 Å². The summed E-state index contributed by atoms with van der Waals surface area (Å²) in [6.07, 6.45) is -7.78. The second-order valence-electron chi connectivity index (χ2n) is 19.9. The number of benzene rings is 1. The Bertz CT molecular complexity index is 1930. The summed E-state index contributed by atoms with van der Waals surface area (Å²) in [6.45, 7) is 14.3. The molecule has 2 aromatic rings. The smallest absolute Gasteiger partial charge is 0.311 e. The summed E-state index contributed by atoms with van der Waals surface area (Å²) in [5.74, 6) is -5.96. The molecule has 0 bridgehead atoms. The maximum atomic E-state index is 14.7. The molecule has 0 spiro atoms. The molecule has 17 nitrogen and oxygen atoms in total. The second-order valence-corrected chi connectivity index (χ2v) is 19.9. The van der Waals surface area contributed by atoms with Crippen LogP contribution < -0.4 is 5.32 Å². The molecule has 6 N–H and O–H groups in total. The van der Waals surface area contributed by atoms with E-state index in [2.05, 4.69) is 10.3 Å². The standard InChI is InChI=1S/C48H75N3O14/c1-25-21-46(7,58)43(65-45-39(54)34(51(10)11)19-26(2)61-45)28(4)40(64-37-22-47(8,60-12)42(56)30(6)62-37)29(5)44(57)63-35(48(9,59)41(55)27(3)38(25)53)17-18-50-36(52)20-32-24-49-23-31-15-13-14-16-33(31)32/h13-16,23-30,34-35,37,39-43,45,54-56,58-59H,17-22H2,1-12H3,(H,50,52)/t25-,26?,27+,28+,29-,30?,34?,35-,37?,39?,40+,41-,42?,43-,45?,46-,47?,48-/m1/s1. The summed E-state index contributed by atoms with van der Waals surface area (Å²) in [7, 11) is 5.14. The zero-order chi connectivity index (χ0) is 48.3. The highest BCUT2D eigenvalue weighted by Gasteiger charge is 2.53. The van der Waals surface area contributed by atoms with Crippen LogP contribution in [0.2, 0.25) is 0 Å². The zero-order valence-corrected chi connectivity index (χ0v) is 40.2. The lowest BCUT2D eigenvalue weighted by Crippen LogP contribution is -2.61. The summed E-state index contributed by atoms with van der Waals surface area (Å²) < 4.78 is 37.7. The fourth-order valence-electron chi connectivity index (χ4n) is 10.2. The second kappa shape index (κ2) is 21.4. The Balaban J connectivity index is 1.52. The molecule has 4 heterocycles. The van der Waals surface area contributed by atoms with Crippen LogP contribution >= 0.6 is 0 Å². The average molecular weight is 918 g/mol. The van der Waals surface area contributed by atoms with Crippen molar-refractivity contribution in [2.24, 2.45) is 23.7 Å². The number of aliphatic hydroxyl groups excluding tert-OH is 3. The minimum Gasteiger partial charge on any atom is -0.459 e. The number of carbonyl (C=O) groups is 3. The van der Waals surface area contributed by atoms with Gasteiger partial charge in [-0.25, -0.2) is 0 Å². The van der Waals surface area contributed by atoms with Crippen molar-refractivity contribution in [1.29, 1.82) is 0 Å². The van der Waals surface area contributed by atoms with Crippen LogP contribution in [0.5, 0.6) is 0 Å². The van der Waals surface area contributed by atoms with Gasteiger partial charge < -0.3 is 64.2 Å². The average Bonchev–Trinajstić information content (AvgIpc) is 3.25. The van der Waals surface area contributed by atoms with E-state index in [1.807, 2.05) is 50.2 Å². The SMILES string of the molecule is COC1(C)CC(O[C@H]2[C@H](C)[C@@H](OC3OC(C)CC(N(C)C)C3O)[C@](C)(O)C[C@@H](C)C(=O)[C@H](C)[C@@H](O)[C@](C)(O)[C@@H](CCNC(=O)Cc3cncc4ccccc34)OC(=O)[C@@H]2C)OC(C)C1O. The number of nitrogens with one attached hydrogen (secondary N) is 1. The Labute approximate surface area is 383 Å². The van der Waals surface area contributed by atoms with E-state index in [4.69, 9.17) is 28.4 Å². The summed E-state index contributed by atoms with van der Waals surface area (Å²) in [4.78, 5) is 48.4. The largest absolute Gasteiger partial charge is 0.459 e. The Kier molecular flexibility index (Phi) is 17.4. The van der Waals surface area contributed by atoms with Crippen LogP contribution in [0.25, 0.3) is 10.8 Å². The van der Waals surface area contributed by atoms with E-state index in [-0.39, 0.29) is 50.3 Å². The molecule has 8 unspecified atom stereocenters. The zero-order valence-electron chi connectivity index (χ0n) is 40.2. The van der Waals surface area contributed by atoms with E-state index in [0.29, 0.717) is 12.0 Å². The number of nitrogens with zero attached hydrogens (tertiary/aromatic N) is 2. The van der Waals surface area contributed by atoms with Gasteiger partial charge in [-0.2, -0.15) is 0 Å². The van der Waals surface area contributed by atoms with E-state index in [1.54, 1.807) is 47.0 Å². The van der Waals surface area contributed by atoms with Gasteiger partial charge in [-0.05, 0) is 79.4 Å². The first-order valence-electron chi connectivity index (χ1n) is 23.0. The number of Topliss-reactive ketones (excluding diaryl/α,β-unsaturated/α-hetero) is 1. The normalized spacial score (nSPS) is 41.5. The first-order chi connectivity index (χ1) is 30.3. The van der Waals surface area contributed by atoms with Crippen molar-refractivity contribution in [2.75, 3.05) is 27.7 Å². The lowest BCUT2D eigenvalue weighted by atomic mass is 9.74. The van der Waals surface area contributed by atoms with Gasteiger partial charge in [0.1, 0.15) is 29.7 Å². The van der Waals surface area contributed by atoms with Crippen molar-refractivity contribution in [3.63, 3.8) is 0 Å². The predicted molar refractivity (Wildman–Crippen MR) is 239 cm³/mol. The summed E-state index contributed by atoms with van der Waals surface area (Å²) in [6, 6.07) is 7.19. The summed E-state index contributed by atoms with van der Waals surface area (Å²) in [5.41, 5.74) is -4.50. The third-order valence-corrected chi connectivity index (χ3v) is 14.3. The number of esters is 1. The van der Waals surface area contributed by atoms with Crippen molar-refractivity contribution in [3.8, 4) is 0 Å². The van der Waals surface area contributed by atoms with Crippen molar-refractivity contribution >= 4 is 28.4 Å². The van der Waals surface area contributed by atoms with Gasteiger partial charge in [0.2, 0.25) is 5.91 Å². The minimum absolute atomic E-state index is 0.000837. The number of methoxy groups -OCH3 is 1. The van der Waals surface area contributed by atoms with Gasteiger partial charge in [-0.15, -0.1) is 0 Å². The van der Waals surface area contributed by atoms with E-state index in [1.165, 1.54) is 27.9 Å². The predicted octanol–water partition coefficient (Wildman–Crippen LogP) is 2.67. The molecule has 17 heteroatoms. The van der Waals surface area contributed by atoms with Crippen LogP contribution in [0, 0.1) is 23.7 Å². The quantitative estimate of drug-likeness (QED) is 0.178. The third kappa shape index (κ3) is 11.9. The van der Waals surface area contributed by atoms with Gasteiger partial charge in [-0.1, -0.05) is 45.0 Å². The monoisotopic (exact) mass is 918 g/mol. The number of cyclic esters (lactones) is 1. The molecule has 3 saturated heterocycles. The molecule has 366 valence electrons. The number of hydrogen-bond donors (Lipinski definition) is 6. The Morgan fingerprint density at radius 2 is 1.60 bits per heavy atom. The number of amides is 1. The number of likely N-dealkylation sites (N-methyl/N-ethyl adjacent to an activating group) is 1. The maximum absolute atomic E-state index is 14.7. The van der Waals surface area contributed by atoms with Crippen molar-refractivity contribution in [3.05, 3.63) is 42.2 Å². The fraction of sp³-hybridized carbons (Fsp3) is 0.750. The highest BCUT2D eigenvalue weighted by molar-refractivity contribution is 5.89. The van der Waals surface area contributed by atoms with Gasteiger partial charge in [-0.3, -0.25) is 19.4 Å². The lowest BCUT2D eigenvalue weighted by molar-refractivity contribution is -0.318. The molecule has 3 aliphatic rings. The number of hydrogen-bond acceptors (Lipinski definition) is 16. The van der Waals surface area contributed by atoms with Crippen LogP contribution in [0.1, 0.15) is 93.6 Å². The summed E-state index contributed by atoms with van der Waals surface area (Å²) >= 11 is 0. The van der Waals surface area contributed by atoms with Crippen LogP contribution in [0.3, 0.4) is 0 Å². The molecule has 65 heavy (non-hydrogen) atoms. The Morgan fingerprint density at radius 3 is 2.26 bits per heavy atom. The number of aliphatic hydroxyl groups is 5. The lowest BCUT2D eigenvalue weighted by Gasteiger charge is -2.49. The molecular weight excluding hydrogens is 843 g/mol. The topological polar surface area (TPSA) is 236 Å². The minimum atomic E-state index is -2.22. The number of pyridine rings is 1. The van der Waals surface area contributed by atoms with Crippen molar-refractivity contribution < 1.29 is 68.3 Å². The van der Waals surface area contributed by atoms with Crippen LogP contribution in [0.4, 0.5) is 0 Å². The fourth-order valence-corrected chi connectivity index (χ4v) is 10.2. The van der Waals surface area contributed by atoms with Gasteiger partial charge >= 0.3 is 5.97 Å². The molecule has 1 aromatic carbocycles. The van der Waals surface area contributed by atoms with E-state index in [9.17, 15) is 39.9 Å². The van der Waals surface area contributed by atoms with E-state index >= 15 is 0 Å². The first-order valence-corrected chi connectivity index (χ1v) is 23.0. The molecule has 3 fully saturated rings. The molecule has 3 aliphatic heterocycles. The highest BCUT2D eigenvalue weighted by Crippen LogP contribution is 2.41. The number of fused-ring (bicyclic) bond motifs is 1. The van der Waals surface area contributed by atoms with Gasteiger partial charge in [0.25, 0.3) is 0 Å². The molecule has 1 aromatic heterocycles. The van der Waals surface area contributed by atoms with Crippen molar-refractivity contribution in [2.45, 2.75) is 179 Å². The van der Waals surface area contributed by atoms with Gasteiger partial charge in [0, 0.05) is 68.1 Å². The van der Waals surface area contributed by atoms with Gasteiger partial charge in [0.05, 0.1) is 54.1 Å². The van der Waals surface area contributed by atoms with Gasteiger partial charge in [0.15, 0.2) is 12.6 Å². The number of aromatic nitrogens is 1. The number of rotatable bonds is 11. The van der Waals surface area contributed by atoms with Crippen LogP contribution in [0.15, 0.2) is 36.7 Å². The van der Waals surface area contributed by atoms with E-state index < -0.39 is 108 Å². The molecule has 0 radical (unpaired) electrons. The molecule has 0 saturated carbocycles. The Hall–Kier alpha value is -3.20. The third-order valence-electron chi connectivity index (χ3n) is 14.3. The number of ether oxygens (including phenoxy) is 6. The summed E-state index contributed by atoms with van der Waals surface area (Å²) in [5, 5.41) is 63.8.